The molecular formula is C30H42N6Ni+2. The molecule has 37 heavy (non-hydrogen) atoms. The summed E-state index contributed by atoms with van der Waals surface area (Å²) in [6.07, 6.45) is 19.2. The normalized spacial score (nSPS) is 23.9. The Balaban J connectivity index is 0.000000152. The third kappa shape index (κ3) is 8.41. The molecule has 6 rings (SSSR count). The molecule has 0 saturated carbocycles. The van der Waals surface area contributed by atoms with Crippen molar-refractivity contribution in [3.8, 4) is 0 Å². The molecule has 200 valence electrons. The summed E-state index contributed by atoms with van der Waals surface area (Å²) in [6.45, 7) is 3.67. The number of nitrogens with zero attached hydrogens (tertiary/aromatic N) is 6. The Morgan fingerprint density at radius 1 is 0.541 bits per heavy atom. The van der Waals surface area contributed by atoms with Gasteiger partial charge in [0.2, 0.25) is 0 Å². The van der Waals surface area contributed by atoms with E-state index in [1.165, 1.54) is 74.8 Å². The predicted molar refractivity (Wildman–Crippen MR) is 147 cm³/mol. The number of likely N-dealkylation sites (tertiary alicyclic amines) is 3. The van der Waals surface area contributed by atoms with Crippen LogP contribution in [0.1, 0.15) is 73.3 Å². The van der Waals surface area contributed by atoms with E-state index in [9.17, 15) is 0 Å². The Morgan fingerprint density at radius 3 is 1.03 bits per heavy atom. The fourth-order valence-electron chi connectivity index (χ4n) is 5.71. The van der Waals surface area contributed by atoms with Crippen molar-refractivity contribution in [2.24, 2.45) is 0 Å². The fourth-order valence-corrected chi connectivity index (χ4v) is 5.71. The zero-order valence-electron chi connectivity index (χ0n) is 22.5. The average molecular weight is 545 g/mol. The van der Waals surface area contributed by atoms with Gasteiger partial charge in [0.15, 0.2) is 0 Å². The third-order valence-electron chi connectivity index (χ3n) is 7.77. The standard InChI is InChI=1S/3C10H14N2.Ni/c3*1-12-7-3-5-10(12)9-4-2-6-11-8-9;/h3*2,4,6,8,10H,3,5,7H2,1H3;/q;;;+2. The number of rotatable bonds is 3. The summed E-state index contributed by atoms with van der Waals surface area (Å²) < 4.78 is 0. The van der Waals surface area contributed by atoms with Crippen molar-refractivity contribution < 1.29 is 16.5 Å². The maximum absolute atomic E-state index is 4.14. The molecule has 3 saturated heterocycles. The van der Waals surface area contributed by atoms with Gasteiger partial charge in [0.05, 0.1) is 0 Å². The van der Waals surface area contributed by atoms with Crippen LogP contribution in [0.3, 0.4) is 0 Å². The summed E-state index contributed by atoms with van der Waals surface area (Å²) in [6, 6.07) is 14.4. The second-order valence-electron chi connectivity index (χ2n) is 10.3. The second-order valence-corrected chi connectivity index (χ2v) is 10.3. The summed E-state index contributed by atoms with van der Waals surface area (Å²) in [7, 11) is 6.56. The molecule has 3 unspecified atom stereocenters. The quantitative estimate of drug-likeness (QED) is 0.403. The van der Waals surface area contributed by atoms with Crippen LogP contribution in [-0.4, -0.2) is 70.4 Å². The maximum atomic E-state index is 4.14. The van der Waals surface area contributed by atoms with Crippen molar-refractivity contribution in [2.75, 3.05) is 40.8 Å². The molecule has 3 aliphatic rings. The molecule has 6 nitrogen and oxygen atoms in total. The van der Waals surface area contributed by atoms with Crippen LogP contribution in [0, 0.1) is 0 Å². The van der Waals surface area contributed by atoms with Crippen LogP contribution in [-0.2, 0) is 16.5 Å². The fraction of sp³-hybridized carbons (Fsp3) is 0.500. The van der Waals surface area contributed by atoms with Gasteiger partial charge >= 0.3 is 16.5 Å². The first-order valence-electron chi connectivity index (χ1n) is 13.4. The number of pyridine rings is 3. The molecule has 7 heteroatoms. The summed E-state index contributed by atoms with van der Waals surface area (Å²) in [5, 5.41) is 0. The molecule has 0 aliphatic carbocycles. The summed E-state index contributed by atoms with van der Waals surface area (Å²) in [4.78, 5) is 19.6. The SMILES string of the molecule is CN1CCCC1c1cccnc1.CN1CCCC1c1cccnc1.CN1CCCC1c1cccnc1.[Ni+2]. The van der Waals surface area contributed by atoms with Gasteiger partial charge in [-0.3, -0.25) is 29.7 Å². The Hall–Kier alpha value is -2.18. The summed E-state index contributed by atoms with van der Waals surface area (Å²) in [5.41, 5.74) is 4.08. The first-order valence-corrected chi connectivity index (χ1v) is 13.4. The number of aromatic nitrogens is 3. The van der Waals surface area contributed by atoms with Crippen LogP contribution in [0.4, 0.5) is 0 Å². The molecular weight excluding hydrogens is 503 g/mol. The Kier molecular flexibility index (Phi) is 12.1. The second kappa shape index (κ2) is 15.3. The molecule has 0 N–H and O–H groups in total. The Morgan fingerprint density at radius 2 is 0.838 bits per heavy atom. The minimum Gasteiger partial charge on any atom is -0.299 e. The van der Waals surface area contributed by atoms with E-state index in [0.29, 0.717) is 18.1 Å². The molecule has 6 heterocycles. The zero-order valence-corrected chi connectivity index (χ0v) is 23.5. The molecule has 0 aromatic carbocycles. The van der Waals surface area contributed by atoms with E-state index in [4.69, 9.17) is 0 Å². The van der Waals surface area contributed by atoms with Crippen LogP contribution in [0.2, 0.25) is 0 Å². The van der Waals surface area contributed by atoms with Crippen LogP contribution in [0.15, 0.2) is 73.6 Å². The van der Waals surface area contributed by atoms with Gasteiger partial charge in [0.1, 0.15) is 0 Å². The number of hydrogen-bond acceptors (Lipinski definition) is 6. The van der Waals surface area contributed by atoms with E-state index in [0.717, 1.165) is 0 Å². The molecule has 0 spiro atoms. The van der Waals surface area contributed by atoms with Gasteiger partial charge in [-0.2, -0.15) is 0 Å². The molecule has 3 aromatic rings. The molecule has 3 aliphatic heterocycles. The van der Waals surface area contributed by atoms with E-state index in [2.05, 4.69) is 69.0 Å². The maximum Gasteiger partial charge on any atom is 2.00 e. The van der Waals surface area contributed by atoms with Gasteiger partial charge < -0.3 is 0 Å². The zero-order chi connectivity index (χ0) is 25.2. The van der Waals surface area contributed by atoms with Crippen LogP contribution >= 0.6 is 0 Å². The summed E-state index contributed by atoms with van der Waals surface area (Å²) in [5.74, 6) is 0. The van der Waals surface area contributed by atoms with Crippen LogP contribution in [0.25, 0.3) is 0 Å². The third-order valence-corrected chi connectivity index (χ3v) is 7.77. The van der Waals surface area contributed by atoms with E-state index < -0.39 is 0 Å². The van der Waals surface area contributed by atoms with E-state index in [1.54, 1.807) is 0 Å². The predicted octanol–water partition coefficient (Wildman–Crippen LogP) is 5.54. The molecule has 3 atom stereocenters. The minimum atomic E-state index is 0. The van der Waals surface area contributed by atoms with E-state index in [-0.39, 0.29) is 16.5 Å². The van der Waals surface area contributed by atoms with Gasteiger partial charge in [0.25, 0.3) is 0 Å². The first kappa shape index (κ1) is 29.4. The van der Waals surface area contributed by atoms with Crippen molar-refractivity contribution in [3.63, 3.8) is 0 Å². The molecule has 0 amide bonds. The van der Waals surface area contributed by atoms with Gasteiger partial charge in [-0.05, 0) is 114 Å². The van der Waals surface area contributed by atoms with Crippen molar-refractivity contribution in [1.82, 2.24) is 29.7 Å². The number of hydrogen-bond donors (Lipinski definition) is 0. The van der Waals surface area contributed by atoms with Crippen LogP contribution < -0.4 is 0 Å². The molecule has 0 bridgehead atoms. The Labute approximate surface area is 233 Å². The summed E-state index contributed by atoms with van der Waals surface area (Å²) >= 11 is 0. The van der Waals surface area contributed by atoms with E-state index in [1.807, 2.05) is 55.4 Å². The van der Waals surface area contributed by atoms with Crippen molar-refractivity contribution >= 4 is 0 Å². The van der Waals surface area contributed by atoms with Crippen molar-refractivity contribution in [1.29, 1.82) is 0 Å². The van der Waals surface area contributed by atoms with Crippen molar-refractivity contribution in [3.05, 3.63) is 90.3 Å². The van der Waals surface area contributed by atoms with Gasteiger partial charge in [0, 0.05) is 55.3 Å². The largest absolute Gasteiger partial charge is 2.00 e. The molecule has 3 fully saturated rings. The first-order chi connectivity index (χ1) is 17.6. The average Bonchev–Trinajstić information content (AvgIpc) is 3.67. The van der Waals surface area contributed by atoms with Gasteiger partial charge in [-0.15, -0.1) is 0 Å². The smallest absolute Gasteiger partial charge is 0.299 e. The van der Waals surface area contributed by atoms with Crippen LogP contribution in [0.5, 0.6) is 0 Å². The molecule has 0 radical (unpaired) electrons. The van der Waals surface area contributed by atoms with E-state index >= 15 is 0 Å². The topological polar surface area (TPSA) is 48.4 Å². The van der Waals surface area contributed by atoms with Gasteiger partial charge in [-0.1, -0.05) is 18.2 Å². The minimum absolute atomic E-state index is 0. The monoisotopic (exact) mass is 544 g/mol. The van der Waals surface area contributed by atoms with Gasteiger partial charge in [-0.25, -0.2) is 0 Å². The molecule has 3 aromatic heterocycles. The van der Waals surface area contributed by atoms with Crippen molar-refractivity contribution in [2.45, 2.75) is 56.7 Å². The Bertz CT molecular complexity index is 874.